The van der Waals surface area contributed by atoms with Crippen LogP contribution in [0.1, 0.15) is 50.2 Å². The van der Waals surface area contributed by atoms with E-state index in [1.807, 2.05) is 6.07 Å². The highest BCUT2D eigenvalue weighted by Gasteiger charge is 2.70. The first kappa shape index (κ1) is 18.6. The summed E-state index contributed by atoms with van der Waals surface area (Å²) in [5, 5.41) is 2.75. The number of rotatable bonds is 3. The summed E-state index contributed by atoms with van der Waals surface area (Å²) in [5.74, 6) is -1.42. The van der Waals surface area contributed by atoms with Gasteiger partial charge in [0.25, 0.3) is 0 Å². The van der Waals surface area contributed by atoms with Gasteiger partial charge in [-0.1, -0.05) is 13.0 Å². The Bertz CT molecular complexity index is 1040. The fourth-order valence-corrected chi connectivity index (χ4v) is 5.09. The molecule has 1 aromatic carbocycles. The van der Waals surface area contributed by atoms with Crippen LogP contribution in [0.5, 0.6) is 0 Å². The molecule has 0 radical (unpaired) electrons. The summed E-state index contributed by atoms with van der Waals surface area (Å²) in [6, 6.07) is 5.33. The number of likely N-dealkylation sites (N-methyl/N-ethyl adjacent to an activating group) is 1. The molecule has 3 aliphatic rings. The van der Waals surface area contributed by atoms with Crippen molar-refractivity contribution in [2.24, 2.45) is 0 Å². The van der Waals surface area contributed by atoms with Crippen LogP contribution in [0, 0.1) is 5.82 Å². The molecule has 7 heteroatoms. The number of halogens is 1. The van der Waals surface area contributed by atoms with Crippen molar-refractivity contribution in [2.75, 3.05) is 19.6 Å². The fraction of sp³-hybridized carbons (Fsp3) is 0.500. The largest absolute Gasteiger partial charge is 0.356 e. The number of pyridine rings is 1. The van der Waals surface area contributed by atoms with Crippen molar-refractivity contribution in [1.82, 2.24) is 15.2 Å². The Morgan fingerprint density at radius 1 is 1.38 bits per heavy atom. The summed E-state index contributed by atoms with van der Waals surface area (Å²) in [5.41, 5.74) is 0.778. The number of aromatic nitrogens is 1. The smallest absolute Gasteiger partial charge is 0.234 e. The molecule has 152 valence electrons. The van der Waals surface area contributed by atoms with Gasteiger partial charge in [0.15, 0.2) is 0 Å². The molecule has 2 amide bonds. The molecule has 3 fully saturated rings. The third-order valence-electron chi connectivity index (χ3n) is 6.86. The zero-order valence-electron chi connectivity index (χ0n) is 16.6. The van der Waals surface area contributed by atoms with Crippen molar-refractivity contribution in [3.63, 3.8) is 0 Å². The number of nitrogens with one attached hydrogen (secondary N) is 1. The molecule has 0 bridgehead atoms. The second kappa shape index (κ2) is 6.31. The summed E-state index contributed by atoms with van der Waals surface area (Å²) in [6.07, 6.45) is 3.05. The summed E-state index contributed by atoms with van der Waals surface area (Å²) >= 11 is 0. The minimum Gasteiger partial charge on any atom is -0.356 e. The lowest BCUT2D eigenvalue weighted by Crippen LogP contribution is -2.44. The molecular formula is C22H24FN3O3. The van der Waals surface area contributed by atoms with E-state index in [-0.39, 0.29) is 29.7 Å². The standard InChI is InChI=1S/C22H24FN3O3/c1-3-26-9-8-22(21(2,12-26)29-22)16-5-6-17-15(19(16)23)10-13(11-24-17)14-4-7-18(27)25-20(14)28/h5-6,10-11,14H,3-4,7-9,12H2,1-2H3,(H,25,27,28). The van der Waals surface area contributed by atoms with Crippen molar-refractivity contribution < 1.29 is 18.7 Å². The van der Waals surface area contributed by atoms with Crippen LogP contribution < -0.4 is 5.32 Å². The predicted octanol–water partition coefficient (Wildman–Crippen LogP) is 2.60. The molecule has 3 aliphatic heterocycles. The van der Waals surface area contributed by atoms with Gasteiger partial charge in [-0.05, 0) is 44.0 Å². The van der Waals surface area contributed by atoms with Crippen molar-refractivity contribution in [3.05, 3.63) is 41.3 Å². The zero-order chi connectivity index (χ0) is 20.4. The van der Waals surface area contributed by atoms with E-state index in [1.165, 1.54) is 0 Å². The Labute approximate surface area is 168 Å². The van der Waals surface area contributed by atoms with E-state index in [0.29, 0.717) is 28.5 Å². The number of benzene rings is 1. The predicted molar refractivity (Wildman–Crippen MR) is 105 cm³/mol. The van der Waals surface area contributed by atoms with E-state index in [0.717, 1.165) is 26.1 Å². The quantitative estimate of drug-likeness (QED) is 0.637. The van der Waals surface area contributed by atoms with Crippen LogP contribution in [0.15, 0.2) is 24.4 Å². The van der Waals surface area contributed by atoms with Gasteiger partial charge in [-0.3, -0.25) is 19.9 Å². The number of hydrogen-bond acceptors (Lipinski definition) is 5. The number of carbonyl (C=O) groups is 2. The number of carbonyl (C=O) groups excluding carboxylic acids is 2. The minimum atomic E-state index is -0.596. The molecule has 3 unspecified atom stereocenters. The molecule has 5 rings (SSSR count). The lowest BCUT2D eigenvalue weighted by Gasteiger charge is -2.32. The van der Waals surface area contributed by atoms with E-state index in [9.17, 15) is 9.59 Å². The van der Waals surface area contributed by atoms with Gasteiger partial charge in [-0.15, -0.1) is 0 Å². The van der Waals surface area contributed by atoms with E-state index < -0.39 is 11.5 Å². The summed E-state index contributed by atoms with van der Waals surface area (Å²) in [4.78, 5) is 30.4. The molecule has 1 aromatic heterocycles. The van der Waals surface area contributed by atoms with Gasteiger partial charge in [0, 0.05) is 36.7 Å². The average Bonchev–Trinajstić information content (AvgIpc) is 3.33. The first-order valence-electron chi connectivity index (χ1n) is 10.2. The van der Waals surface area contributed by atoms with E-state index >= 15 is 4.39 Å². The van der Waals surface area contributed by atoms with E-state index in [2.05, 4.69) is 29.0 Å². The normalized spacial score (nSPS) is 32.2. The second-order valence-corrected chi connectivity index (χ2v) is 8.54. The molecule has 4 heterocycles. The van der Waals surface area contributed by atoms with Crippen LogP contribution in [0.4, 0.5) is 4.39 Å². The first-order valence-corrected chi connectivity index (χ1v) is 10.2. The van der Waals surface area contributed by atoms with Crippen molar-refractivity contribution in [1.29, 1.82) is 0 Å². The molecule has 3 saturated heterocycles. The van der Waals surface area contributed by atoms with Gasteiger partial charge in [0.1, 0.15) is 17.0 Å². The summed E-state index contributed by atoms with van der Waals surface area (Å²) in [7, 11) is 0. The molecular weight excluding hydrogens is 373 g/mol. The van der Waals surface area contributed by atoms with Gasteiger partial charge >= 0.3 is 0 Å². The molecule has 1 N–H and O–H groups in total. The molecule has 0 saturated carbocycles. The average molecular weight is 397 g/mol. The lowest BCUT2D eigenvalue weighted by molar-refractivity contribution is -0.134. The monoisotopic (exact) mass is 397 g/mol. The van der Waals surface area contributed by atoms with Crippen LogP contribution >= 0.6 is 0 Å². The summed E-state index contributed by atoms with van der Waals surface area (Å²) < 4.78 is 21.9. The Kier molecular flexibility index (Phi) is 4.05. The Hall–Kier alpha value is -2.38. The number of amides is 2. The number of likely N-dealkylation sites (tertiary alicyclic amines) is 1. The van der Waals surface area contributed by atoms with Gasteiger partial charge in [0.2, 0.25) is 11.8 Å². The third-order valence-corrected chi connectivity index (χ3v) is 6.86. The van der Waals surface area contributed by atoms with Crippen molar-refractivity contribution in [3.8, 4) is 0 Å². The van der Waals surface area contributed by atoms with Gasteiger partial charge in [-0.25, -0.2) is 4.39 Å². The number of ether oxygens (including phenoxy) is 1. The van der Waals surface area contributed by atoms with Crippen LogP contribution in [0.3, 0.4) is 0 Å². The molecule has 29 heavy (non-hydrogen) atoms. The minimum absolute atomic E-state index is 0.267. The number of epoxide rings is 1. The topological polar surface area (TPSA) is 74.8 Å². The lowest BCUT2D eigenvalue weighted by atomic mass is 9.80. The maximum Gasteiger partial charge on any atom is 0.234 e. The molecule has 2 aromatic rings. The second-order valence-electron chi connectivity index (χ2n) is 8.54. The highest BCUT2D eigenvalue weighted by Crippen LogP contribution is 2.61. The number of hydrogen-bond donors (Lipinski definition) is 1. The highest BCUT2D eigenvalue weighted by molar-refractivity contribution is 6.01. The first-order chi connectivity index (χ1) is 13.9. The maximum absolute atomic E-state index is 15.7. The van der Waals surface area contributed by atoms with Crippen LogP contribution in [-0.2, 0) is 19.9 Å². The molecule has 0 spiro atoms. The molecule has 0 aliphatic carbocycles. The SMILES string of the molecule is CCN1CCC2(c3ccc4ncc(C5CCC(=O)NC5=O)cc4c3F)OC2(C)C1. The Morgan fingerprint density at radius 3 is 2.93 bits per heavy atom. The number of nitrogens with zero attached hydrogens (tertiary/aromatic N) is 2. The van der Waals surface area contributed by atoms with E-state index in [4.69, 9.17) is 4.74 Å². The molecule has 6 nitrogen and oxygen atoms in total. The summed E-state index contributed by atoms with van der Waals surface area (Å²) in [6.45, 7) is 6.79. The Morgan fingerprint density at radius 2 is 2.21 bits per heavy atom. The van der Waals surface area contributed by atoms with Crippen LogP contribution in [-0.4, -0.2) is 46.9 Å². The van der Waals surface area contributed by atoms with Gasteiger partial charge in [0.05, 0.1) is 11.4 Å². The highest BCUT2D eigenvalue weighted by atomic mass is 19.1. The fourth-order valence-electron chi connectivity index (χ4n) is 5.09. The molecule has 3 atom stereocenters. The van der Waals surface area contributed by atoms with Crippen LogP contribution in [0.2, 0.25) is 0 Å². The van der Waals surface area contributed by atoms with Gasteiger partial charge < -0.3 is 9.64 Å². The maximum atomic E-state index is 15.7. The third kappa shape index (κ3) is 2.71. The number of fused-ring (bicyclic) bond motifs is 2. The van der Waals surface area contributed by atoms with Crippen molar-refractivity contribution >= 4 is 22.7 Å². The number of imide groups is 1. The van der Waals surface area contributed by atoms with Gasteiger partial charge in [-0.2, -0.15) is 0 Å². The van der Waals surface area contributed by atoms with Crippen LogP contribution in [0.25, 0.3) is 10.9 Å². The zero-order valence-corrected chi connectivity index (χ0v) is 16.6. The van der Waals surface area contributed by atoms with E-state index in [1.54, 1.807) is 18.3 Å². The Balaban J connectivity index is 1.54. The van der Waals surface area contributed by atoms with Crippen molar-refractivity contribution in [2.45, 2.75) is 50.2 Å². The number of piperidine rings is 2.